The first-order chi connectivity index (χ1) is 15.3. The lowest BCUT2D eigenvalue weighted by Crippen LogP contribution is -2.24. The molecule has 32 heavy (non-hydrogen) atoms. The summed E-state index contributed by atoms with van der Waals surface area (Å²) in [4.78, 5) is 16.9. The minimum Gasteiger partial charge on any atom is -0.352 e. The summed E-state index contributed by atoms with van der Waals surface area (Å²) in [6, 6.07) is 13.4. The molecule has 0 atom stereocenters. The van der Waals surface area contributed by atoms with Crippen LogP contribution in [0.1, 0.15) is 53.8 Å². The number of fused-ring (bicyclic) bond motifs is 1. The molecule has 4 rings (SSSR count). The molecule has 0 saturated carbocycles. The van der Waals surface area contributed by atoms with Gasteiger partial charge in [-0.3, -0.25) is 4.79 Å². The fourth-order valence-electron chi connectivity index (χ4n) is 3.19. The van der Waals surface area contributed by atoms with Gasteiger partial charge in [0.05, 0.1) is 0 Å². The molecule has 0 fully saturated rings. The molecule has 1 aliphatic rings. The summed E-state index contributed by atoms with van der Waals surface area (Å²) in [6.07, 6.45) is 1.27. The van der Waals surface area contributed by atoms with Crippen molar-refractivity contribution in [3.8, 4) is 0 Å². The van der Waals surface area contributed by atoms with Gasteiger partial charge in [0.2, 0.25) is 5.89 Å². The number of benzene rings is 2. The summed E-state index contributed by atoms with van der Waals surface area (Å²) in [6.45, 7) is 4.47. The number of aromatic nitrogens is 2. The fourth-order valence-corrected chi connectivity index (χ4v) is 4.36. The average molecular weight is 454 g/mol. The second-order valence-corrected chi connectivity index (χ2v) is 9.25. The van der Waals surface area contributed by atoms with E-state index in [1.54, 1.807) is 42.5 Å². The highest BCUT2D eigenvalue weighted by molar-refractivity contribution is 7.90. The monoisotopic (exact) mass is 453 g/mol. The van der Waals surface area contributed by atoms with Gasteiger partial charge >= 0.3 is 0 Å². The topological polar surface area (TPSA) is 127 Å². The van der Waals surface area contributed by atoms with E-state index in [2.05, 4.69) is 25.2 Å². The van der Waals surface area contributed by atoms with Crippen molar-refractivity contribution in [3.63, 3.8) is 0 Å². The highest BCUT2D eigenvalue weighted by Gasteiger charge is 2.28. The summed E-state index contributed by atoms with van der Waals surface area (Å²) >= 11 is 0. The predicted octanol–water partition coefficient (Wildman–Crippen LogP) is 3.12. The number of aryl methyl sites for hydroxylation is 1. The highest BCUT2D eigenvalue weighted by Crippen LogP contribution is 2.26. The molecule has 0 radical (unpaired) electrons. The number of sulfonamides is 1. The van der Waals surface area contributed by atoms with Crippen molar-refractivity contribution in [1.82, 2.24) is 15.5 Å². The summed E-state index contributed by atoms with van der Waals surface area (Å²) in [7, 11) is -3.69. The van der Waals surface area contributed by atoms with Crippen molar-refractivity contribution in [2.45, 2.75) is 37.5 Å². The minimum absolute atomic E-state index is 0.180. The molecule has 0 aliphatic carbocycles. The van der Waals surface area contributed by atoms with Gasteiger partial charge in [-0.05, 0) is 42.8 Å². The lowest BCUT2D eigenvalue weighted by Gasteiger charge is -2.08. The van der Waals surface area contributed by atoms with Crippen LogP contribution in [0, 0.1) is 0 Å². The van der Waals surface area contributed by atoms with E-state index < -0.39 is 10.0 Å². The lowest BCUT2D eigenvalue weighted by molar-refractivity contribution is 0.0953. The number of anilines is 1. The van der Waals surface area contributed by atoms with Crippen molar-refractivity contribution in [2.75, 3.05) is 11.9 Å². The molecule has 0 unspecified atom stereocenters. The van der Waals surface area contributed by atoms with Crippen molar-refractivity contribution in [1.29, 1.82) is 0 Å². The van der Waals surface area contributed by atoms with Crippen molar-refractivity contribution >= 4 is 27.5 Å². The van der Waals surface area contributed by atoms with E-state index in [9.17, 15) is 13.2 Å². The second-order valence-electron chi connectivity index (χ2n) is 7.67. The van der Waals surface area contributed by atoms with Crippen molar-refractivity contribution < 1.29 is 17.7 Å². The van der Waals surface area contributed by atoms with Gasteiger partial charge in [0.15, 0.2) is 11.7 Å². The number of nitrogens with one attached hydrogen (secondary N) is 2. The first-order valence-corrected chi connectivity index (χ1v) is 11.7. The normalized spacial score (nSPS) is 14.2. The van der Waals surface area contributed by atoms with Gasteiger partial charge in [0, 0.05) is 35.7 Å². The number of amides is 1. The first-order valence-electron chi connectivity index (χ1n) is 10.3. The van der Waals surface area contributed by atoms with E-state index >= 15 is 0 Å². The SMILES string of the molecule is CC(C)c1noc(CCCNC(=O)c2ccc(NC3=NS(=O)(=O)c4ccccc43)cc2)n1. The van der Waals surface area contributed by atoms with Crippen LogP contribution in [-0.2, 0) is 16.4 Å². The van der Waals surface area contributed by atoms with Crippen LogP contribution in [0.15, 0.2) is 62.3 Å². The Morgan fingerprint density at radius 3 is 2.56 bits per heavy atom. The van der Waals surface area contributed by atoms with Crippen LogP contribution >= 0.6 is 0 Å². The molecule has 1 amide bonds. The third kappa shape index (κ3) is 4.70. The van der Waals surface area contributed by atoms with Crippen molar-refractivity contribution in [3.05, 3.63) is 71.4 Å². The van der Waals surface area contributed by atoms with E-state index in [-0.39, 0.29) is 22.6 Å². The molecule has 0 bridgehead atoms. The number of carbonyl (C=O) groups is 1. The Bertz CT molecular complexity index is 1260. The molecule has 2 N–H and O–H groups in total. The number of hydrogen-bond acceptors (Lipinski definition) is 7. The van der Waals surface area contributed by atoms with E-state index in [0.717, 1.165) is 0 Å². The van der Waals surface area contributed by atoms with Crippen LogP contribution in [0.3, 0.4) is 0 Å². The molecular weight excluding hydrogens is 430 g/mol. The summed E-state index contributed by atoms with van der Waals surface area (Å²) in [5.41, 5.74) is 1.65. The standard InChI is InChI=1S/C22H23N5O4S/c1-14(2)20-25-19(31-26-20)8-5-13-23-22(28)15-9-11-16(12-10-15)24-21-17-6-3-4-7-18(17)32(29,30)27-21/h3-4,6-7,9-12,14H,5,8,13H2,1-2H3,(H,23,28)(H,24,27). The zero-order valence-electron chi connectivity index (χ0n) is 17.7. The Morgan fingerprint density at radius 1 is 1.09 bits per heavy atom. The molecule has 3 aromatic rings. The maximum Gasteiger partial charge on any atom is 0.285 e. The first kappa shape index (κ1) is 21.7. The molecule has 9 nitrogen and oxygen atoms in total. The van der Waals surface area contributed by atoms with Gasteiger partial charge in [-0.1, -0.05) is 31.1 Å². The van der Waals surface area contributed by atoms with Crippen LogP contribution in [0.25, 0.3) is 0 Å². The third-order valence-corrected chi connectivity index (χ3v) is 6.23. The van der Waals surface area contributed by atoms with Gasteiger partial charge in [-0.25, -0.2) is 0 Å². The van der Waals surface area contributed by atoms with E-state index in [0.29, 0.717) is 47.9 Å². The Labute approximate surface area is 186 Å². The average Bonchev–Trinajstić information content (AvgIpc) is 3.35. The van der Waals surface area contributed by atoms with Crippen LogP contribution < -0.4 is 10.6 Å². The number of nitrogens with zero attached hydrogens (tertiary/aromatic N) is 3. The Balaban J connectivity index is 1.30. The molecule has 0 spiro atoms. The fraction of sp³-hybridized carbons (Fsp3) is 0.273. The molecule has 0 saturated heterocycles. The number of hydrogen-bond donors (Lipinski definition) is 2. The van der Waals surface area contributed by atoms with Crippen molar-refractivity contribution in [2.24, 2.45) is 4.40 Å². The molecule has 2 aromatic carbocycles. The van der Waals surface area contributed by atoms with Gasteiger partial charge in [0.1, 0.15) is 4.90 Å². The smallest absolute Gasteiger partial charge is 0.285 e. The van der Waals surface area contributed by atoms with Crippen LogP contribution in [0.4, 0.5) is 5.69 Å². The Hall–Kier alpha value is -3.53. The quantitative estimate of drug-likeness (QED) is 0.526. The zero-order chi connectivity index (χ0) is 22.7. The van der Waals surface area contributed by atoms with E-state index in [1.165, 1.54) is 6.07 Å². The van der Waals surface area contributed by atoms with Gasteiger partial charge in [-0.15, -0.1) is 4.40 Å². The van der Waals surface area contributed by atoms with Crippen LogP contribution in [0.5, 0.6) is 0 Å². The Morgan fingerprint density at radius 2 is 1.84 bits per heavy atom. The second kappa shape index (κ2) is 8.91. The number of rotatable bonds is 7. The molecule has 10 heteroatoms. The predicted molar refractivity (Wildman–Crippen MR) is 119 cm³/mol. The maximum atomic E-state index is 12.4. The molecule has 2 heterocycles. The molecular formula is C22H23N5O4S. The number of amidine groups is 1. The minimum atomic E-state index is -3.69. The third-order valence-electron chi connectivity index (χ3n) is 4.89. The van der Waals surface area contributed by atoms with E-state index in [1.807, 2.05) is 13.8 Å². The summed E-state index contributed by atoms with van der Waals surface area (Å²) in [5, 5.41) is 9.80. The molecule has 166 valence electrons. The lowest BCUT2D eigenvalue weighted by atomic mass is 10.1. The van der Waals surface area contributed by atoms with E-state index in [4.69, 9.17) is 4.52 Å². The number of carbonyl (C=O) groups excluding carboxylic acids is 1. The van der Waals surface area contributed by atoms with Crippen LogP contribution in [0.2, 0.25) is 0 Å². The largest absolute Gasteiger partial charge is 0.352 e. The zero-order valence-corrected chi connectivity index (χ0v) is 18.5. The maximum absolute atomic E-state index is 12.4. The molecule has 1 aliphatic heterocycles. The summed E-state index contributed by atoms with van der Waals surface area (Å²) in [5.74, 6) is 1.53. The summed E-state index contributed by atoms with van der Waals surface area (Å²) < 4.78 is 33.3. The van der Waals surface area contributed by atoms with Crippen LogP contribution in [-0.4, -0.2) is 36.8 Å². The van der Waals surface area contributed by atoms with Gasteiger partial charge in [0.25, 0.3) is 15.9 Å². The Kier molecular flexibility index (Phi) is 6.04. The molecule has 1 aromatic heterocycles. The van der Waals surface area contributed by atoms with Gasteiger partial charge in [-0.2, -0.15) is 13.4 Å². The highest BCUT2D eigenvalue weighted by atomic mass is 32.2. The van der Waals surface area contributed by atoms with Gasteiger partial charge < -0.3 is 15.2 Å².